The number of phenolic OH excluding ortho intramolecular Hbond substituents is 4. The number of carbonyl (C=O) groups excluding carboxylic acids is 8. The number of rotatable bonds is 25. The van der Waals surface area contributed by atoms with Crippen LogP contribution in [0.15, 0.2) is 170 Å². The van der Waals surface area contributed by atoms with Crippen LogP contribution in [-0.4, -0.2) is 157 Å². The second-order valence-electron chi connectivity index (χ2n) is 27.3. The van der Waals surface area contributed by atoms with Crippen LogP contribution in [0.2, 0.25) is 0 Å². The Bertz CT molecular complexity index is 5420. The molecule has 0 saturated heterocycles. The molecule has 3 aliphatic rings. The van der Waals surface area contributed by atoms with Crippen LogP contribution in [0.1, 0.15) is 148 Å². The van der Waals surface area contributed by atoms with E-state index in [-0.39, 0.29) is 150 Å². The number of carbonyl (C=O) groups is 8. The Balaban J connectivity index is 0.000000244. The largest absolute Gasteiger partial charge is 0.516 e. The summed E-state index contributed by atoms with van der Waals surface area (Å²) in [7, 11) is 1.00. The number of benzene rings is 6. The van der Waals surface area contributed by atoms with Crippen LogP contribution >= 0.6 is 34.8 Å². The first-order valence-electron chi connectivity index (χ1n) is 38.8. The van der Waals surface area contributed by atoms with Gasteiger partial charge in [-0.3, -0.25) is 9.59 Å². The van der Waals surface area contributed by atoms with Crippen molar-refractivity contribution in [2.45, 2.75) is 114 Å². The zero-order valence-electron chi connectivity index (χ0n) is 68.7. The van der Waals surface area contributed by atoms with Gasteiger partial charge in [-0.1, -0.05) is 45.5 Å². The second kappa shape index (κ2) is 52.5. The van der Waals surface area contributed by atoms with E-state index in [4.69, 9.17) is 93.9 Å². The van der Waals surface area contributed by atoms with Gasteiger partial charge in [-0.05, 0) is 186 Å². The van der Waals surface area contributed by atoms with Crippen molar-refractivity contribution in [3.8, 4) is 86.1 Å². The normalized spacial score (nSPS) is 15.8. The van der Waals surface area contributed by atoms with Gasteiger partial charge in [0.05, 0.1) is 46.6 Å². The molecule has 0 amide bonds. The highest BCUT2D eigenvalue weighted by Crippen LogP contribution is 2.43. The van der Waals surface area contributed by atoms with E-state index < -0.39 is 84.1 Å². The number of oxime groups is 1. The number of nitriles is 1. The Morgan fingerprint density at radius 1 is 0.443 bits per heavy atom. The molecule has 6 aromatic carbocycles. The molecule has 3 fully saturated rings. The van der Waals surface area contributed by atoms with Gasteiger partial charge in [0.1, 0.15) is 75.5 Å². The summed E-state index contributed by atoms with van der Waals surface area (Å²) < 4.78 is 142. The van der Waals surface area contributed by atoms with E-state index in [1.807, 2.05) is 0 Å². The molecule has 0 aliphatic heterocycles. The molecule has 694 valence electrons. The number of phenols is 4. The lowest BCUT2D eigenvalue weighted by Crippen LogP contribution is -2.21. The van der Waals surface area contributed by atoms with E-state index in [1.165, 1.54) is 72.8 Å². The van der Waals surface area contributed by atoms with E-state index in [9.17, 15) is 74.9 Å². The number of esters is 3. The Labute approximate surface area is 753 Å². The lowest BCUT2D eigenvalue weighted by Gasteiger charge is -2.23. The third kappa shape index (κ3) is 32.8. The van der Waals surface area contributed by atoms with E-state index in [1.54, 1.807) is 6.07 Å². The zero-order valence-corrected chi connectivity index (χ0v) is 71.0. The van der Waals surface area contributed by atoms with Crippen LogP contribution in [-0.2, 0) is 52.4 Å². The summed E-state index contributed by atoms with van der Waals surface area (Å²) in [6.45, 7) is 8.76. The van der Waals surface area contributed by atoms with Gasteiger partial charge in [0.2, 0.25) is 70.9 Å². The Hall–Kier alpha value is -14.8. The molecule has 8 N–H and O–H groups in total. The zero-order chi connectivity index (χ0) is 95.8. The summed E-state index contributed by atoms with van der Waals surface area (Å²) >= 11 is 15.6. The summed E-state index contributed by atoms with van der Waals surface area (Å²) in [6.07, 6.45) is 9.82. The van der Waals surface area contributed by atoms with Crippen molar-refractivity contribution in [2.24, 2.45) is 22.7 Å². The van der Waals surface area contributed by atoms with Crippen molar-refractivity contribution in [1.29, 1.82) is 5.26 Å². The number of hydrogen-bond donors (Lipinski definition) is 7. The van der Waals surface area contributed by atoms with Gasteiger partial charge in [0, 0.05) is 109 Å². The number of nitrogens with two attached hydrogens (primary N) is 1. The molecule has 0 unspecified atom stereocenters. The van der Waals surface area contributed by atoms with Crippen molar-refractivity contribution in [1.82, 2.24) is 40.6 Å². The molecule has 0 atom stereocenters. The van der Waals surface area contributed by atoms with Crippen LogP contribution < -0.4 is 15.2 Å². The smallest absolute Gasteiger partial charge is 0.508 e. The maximum Gasteiger partial charge on any atom is 0.516 e. The molecular weight excluding hydrogens is 1810 g/mol. The number of ether oxygens (including phenoxy) is 8. The highest BCUT2D eigenvalue weighted by molar-refractivity contribution is 6.64. The van der Waals surface area contributed by atoms with Gasteiger partial charge >= 0.3 is 35.6 Å². The molecular formula is C85H80Cl3F6N11O26. The molecule has 13 rings (SSSR count). The van der Waals surface area contributed by atoms with Crippen LogP contribution in [0.5, 0.6) is 34.5 Å². The Kier molecular flexibility index (Phi) is 41.4. The first-order chi connectivity index (χ1) is 62.8. The lowest BCUT2D eigenvalue weighted by molar-refractivity contribution is -0.147. The topological polar surface area (TPSA) is 550 Å². The lowest BCUT2D eigenvalue weighted by atomic mass is 9.82. The van der Waals surface area contributed by atoms with Gasteiger partial charge in [0.15, 0.2) is 5.84 Å². The predicted molar refractivity (Wildman–Crippen MR) is 443 cm³/mol. The highest BCUT2D eigenvalue weighted by atomic mass is 35.5. The van der Waals surface area contributed by atoms with E-state index in [0.717, 1.165) is 87.4 Å². The van der Waals surface area contributed by atoms with Crippen molar-refractivity contribution < 1.29 is 151 Å². The monoisotopic (exact) mass is 1890 g/mol. The van der Waals surface area contributed by atoms with E-state index >= 15 is 0 Å². The van der Waals surface area contributed by atoms with Crippen molar-refractivity contribution in [3.05, 3.63) is 217 Å². The first-order valence-corrected chi connectivity index (χ1v) is 39.9. The molecule has 3 aliphatic carbocycles. The number of aliphatic hydroxyl groups is 1. The van der Waals surface area contributed by atoms with E-state index in [2.05, 4.69) is 93.9 Å². The number of hydrogen-bond acceptors (Lipinski definition) is 36. The number of unbranched alkanes of at least 4 members (excludes halogenated alkanes) is 1. The summed E-state index contributed by atoms with van der Waals surface area (Å²) in [5.74, 6) is -6.28. The SMILES string of the molecule is C=CC(=O)OCCCCOC(=O)Cl.C=CC(=O)OCOC(=O)Oc1ccc(-c2noc(C3CCC(c4nc(-c5ccc(OC(=O)OCOC(=O)C=C)cc5F)no4)CC3)n2)c(F)c1.CO.N#Cc1ccc(O)cc1F.N/C(=N/O)c1ccc(O)cc1F.O=C(Cl)C1CCC(C(=O)Cl)CC1.Oc1ccc(-c2noc(C3CCC(c4nc(-c5ccc(O)cc5F)no4)CC3)n2)c(F)c1. The molecule has 10 aromatic rings. The Morgan fingerprint density at radius 2 is 0.748 bits per heavy atom. The number of aliphatic hydroxyl groups excluding tert-OH is 1. The fourth-order valence-electron chi connectivity index (χ4n) is 12.2. The minimum absolute atomic E-state index is 0.00371. The summed E-state index contributed by atoms with van der Waals surface area (Å²) in [5.41, 5.74) is 4.53. The minimum atomic E-state index is -1.22. The average Bonchev–Trinajstić information content (AvgIpc) is 1.69. The quantitative estimate of drug-likeness (QED) is 0.00227. The number of halogens is 9. The molecule has 3 saturated carbocycles. The molecule has 0 spiro atoms. The van der Waals surface area contributed by atoms with Crippen LogP contribution in [0.25, 0.3) is 45.6 Å². The summed E-state index contributed by atoms with van der Waals surface area (Å²) in [5, 5.41) is 77.3. The fourth-order valence-corrected chi connectivity index (χ4v) is 12.7. The predicted octanol–water partition coefficient (Wildman–Crippen LogP) is 16.7. The maximum absolute atomic E-state index is 14.9. The second-order valence-corrected chi connectivity index (χ2v) is 28.4. The summed E-state index contributed by atoms with van der Waals surface area (Å²) in [6, 6.07) is 23.0. The van der Waals surface area contributed by atoms with Crippen LogP contribution in [0, 0.1) is 58.1 Å². The molecule has 131 heavy (non-hydrogen) atoms. The van der Waals surface area contributed by atoms with Gasteiger partial charge in [0.25, 0.3) is 0 Å². The Morgan fingerprint density at radius 3 is 1.05 bits per heavy atom. The van der Waals surface area contributed by atoms with Gasteiger partial charge in [-0.2, -0.15) is 25.2 Å². The highest BCUT2D eigenvalue weighted by Gasteiger charge is 2.34. The number of aromatic nitrogens is 8. The van der Waals surface area contributed by atoms with Gasteiger partial charge < -0.3 is 92.5 Å². The third-order valence-electron chi connectivity index (χ3n) is 18.8. The minimum Gasteiger partial charge on any atom is -0.508 e. The number of amidine groups is 1. The van der Waals surface area contributed by atoms with Gasteiger partial charge in [-0.25, -0.2) is 55.1 Å². The molecule has 0 bridgehead atoms. The average molecular weight is 1890 g/mol. The van der Waals surface area contributed by atoms with Crippen LogP contribution in [0.3, 0.4) is 0 Å². The van der Waals surface area contributed by atoms with E-state index in [0.29, 0.717) is 94.4 Å². The first kappa shape index (κ1) is 103. The standard InChI is InChI=1S/C32H26F2N4O12.C22H18F2N4O4.C8H10Cl2O2.C8H11ClO4.C7H7FN2O2.C7H4FNO.CH4O/c1-3-25(39)43-15-45-31(41)47-19-9-11-21(23(33)13-19)27-35-29(49-37-27)17-5-7-18(8-6-17)30-36-28(38-50-30)22-12-10-20(14-24(22)34)48-32(42)46-16-44-26(40)4-2;23-17-9-13(29)5-7-15(17)19-25-21(31-27-19)11-1-2-12(4-3-11)22-26-20(28-32-22)16-8-6-14(30)10-18(16)24;9-7(11)5-1-2-6(4-3-5)8(10)12;1-2-7(10)12-5-3-4-6-13-8(9)11;8-6-3-4(11)1-2-5(6)7(9)10-12;8-7-3-6(10)2-1-5(7)4-9;1-2/h3-4,9-14,17-18H,1-2,5-8,15-16H2;5-12,29-30H,1-4H2;5-6H,1-4H2;2H,1,3-6H2;1-3,11-12H,(H2,9,10);1-3,10H;2H,1H3. The molecule has 0 radical (unpaired) electrons. The summed E-state index contributed by atoms with van der Waals surface area (Å²) in [4.78, 5) is 105. The van der Waals surface area contributed by atoms with Crippen molar-refractivity contribution in [3.63, 3.8) is 0 Å². The fraction of sp³-hybridized carbons (Fsp3) is 0.294. The van der Waals surface area contributed by atoms with Crippen molar-refractivity contribution >= 4 is 86.8 Å². The molecule has 4 aromatic heterocycles. The molecule has 37 nitrogen and oxygen atoms in total. The number of aromatic hydroxyl groups is 4. The number of nitrogens with zero attached hydrogens (tertiary/aromatic N) is 10. The third-order valence-corrected chi connectivity index (χ3v) is 19.5. The molecule has 4 heterocycles. The van der Waals surface area contributed by atoms with Gasteiger partial charge in [-0.15, -0.1) is 0 Å². The van der Waals surface area contributed by atoms with Crippen LogP contribution in [0.4, 0.5) is 40.7 Å². The molecule has 46 heteroatoms. The maximum atomic E-state index is 14.9. The van der Waals surface area contributed by atoms with Crippen molar-refractivity contribution in [2.75, 3.05) is 33.9 Å².